The van der Waals surface area contributed by atoms with Crippen molar-refractivity contribution < 1.29 is 19.1 Å². The summed E-state index contributed by atoms with van der Waals surface area (Å²) in [5, 5.41) is 0. The molecule has 1 aromatic rings. The number of carbonyl (C=O) groups is 2. The molecule has 3 fully saturated rings. The molecule has 2 amide bonds. The number of rotatable bonds is 4. The first kappa shape index (κ1) is 20.1. The van der Waals surface area contributed by atoms with Crippen molar-refractivity contribution in [2.45, 2.75) is 44.4 Å². The number of hydrogen-bond acceptors (Lipinski definition) is 4. The Hall–Kier alpha value is -2.18. The second-order valence-corrected chi connectivity index (χ2v) is 8.05. The molecule has 1 atom stereocenters. The minimum atomic E-state index is -0.274. The number of carbonyl (C=O) groups excluding carboxylic acids is 2. The first-order chi connectivity index (χ1) is 14.2. The van der Waals surface area contributed by atoms with Gasteiger partial charge in [-0.1, -0.05) is 30.3 Å². The predicted octanol–water partition coefficient (Wildman–Crippen LogP) is 2.69. The first-order valence-corrected chi connectivity index (χ1v) is 10.8. The number of ether oxygens (including phenoxy) is 2. The average Bonchev–Trinajstić information content (AvgIpc) is 3.33. The molecule has 0 spiro atoms. The van der Waals surface area contributed by atoms with Crippen molar-refractivity contribution in [3.8, 4) is 0 Å². The van der Waals surface area contributed by atoms with E-state index < -0.39 is 0 Å². The molecule has 0 aliphatic carbocycles. The highest BCUT2D eigenvalue weighted by Gasteiger charge is 2.39. The van der Waals surface area contributed by atoms with Crippen molar-refractivity contribution in [3.05, 3.63) is 42.0 Å². The number of amides is 2. The van der Waals surface area contributed by atoms with Gasteiger partial charge in [-0.2, -0.15) is 0 Å². The van der Waals surface area contributed by atoms with Gasteiger partial charge in [0.15, 0.2) is 6.29 Å². The van der Waals surface area contributed by atoms with Crippen LogP contribution in [0, 0.1) is 5.92 Å². The van der Waals surface area contributed by atoms with E-state index >= 15 is 0 Å². The molecule has 1 unspecified atom stereocenters. The Morgan fingerprint density at radius 2 is 1.66 bits per heavy atom. The second-order valence-electron chi connectivity index (χ2n) is 8.05. The Kier molecular flexibility index (Phi) is 6.62. The van der Waals surface area contributed by atoms with Crippen LogP contribution in [0.1, 0.15) is 37.7 Å². The monoisotopic (exact) mass is 398 g/mol. The molecule has 3 saturated heterocycles. The number of piperidine rings is 2. The summed E-state index contributed by atoms with van der Waals surface area (Å²) in [6.07, 6.45) is 7.74. The van der Waals surface area contributed by atoms with E-state index in [1.54, 1.807) is 6.08 Å². The SMILES string of the molecule is O=C(/C=C/c1ccccc1)N1CCC(C(=O)N2CCCCC2C2OCCO2)CC1. The molecule has 0 bridgehead atoms. The van der Waals surface area contributed by atoms with Gasteiger partial charge in [-0.25, -0.2) is 0 Å². The zero-order valence-corrected chi connectivity index (χ0v) is 16.9. The van der Waals surface area contributed by atoms with E-state index in [4.69, 9.17) is 9.47 Å². The van der Waals surface area contributed by atoms with Crippen molar-refractivity contribution in [3.63, 3.8) is 0 Å². The zero-order chi connectivity index (χ0) is 20.1. The first-order valence-electron chi connectivity index (χ1n) is 10.8. The van der Waals surface area contributed by atoms with Gasteiger partial charge in [0.25, 0.3) is 0 Å². The summed E-state index contributed by atoms with van der Waals surface area (Å²) in [4.78, 5) is 29.5. The quantitative estimate of drug-likeness (QED) is 0.732. The summed E-state index contributed by atoms with van der Waals surface area (Å²) in [6, 6.07) is 9.85. The molecule has 1 aromatic carbocycles. The maximum atomic E-state index is 13.2. The van der Waals surface area contributed by atoms with Gasteiger partial charge in [0.05, 0.1) is 19.3 Å². The van der Waals surface area contributed by atoms with Gasteiger partial charge in [0, 0.05) is 31.6 Å². The molecule has 3 aliphatic rings. The van der Waals surface area contributed by atoms with E-state index in [1.807, 2.05) is 46.2 Å². The molecule has 0 radical (unpaired) electrons. The lowest BCUT2D eigenvalue weighted by Gasteiger charge is -2.41. The van der Waals surface area contributed by atoms with Crippen LogP contribution in [0.4, 0.5) is 0 Å². The van der Waals surface area contributed by atoms with Gasteiger partial charge in [-0.05, 0) is 43.7 Å². The topological polar surface area (TPSA) is 59.1 Å². The normalized spacial score (nSPS) is 24.3. The van der Waals surface area contributed by atoms with Gasteiger partial charge >= 0.3 is 0 Å². The molecule has 3 heterocycles. The van der Waals surface area contributed by atoms with Gasteiger partial charge < -0.3 is 19.3 Å². The molecule has 0 N–H and O–H groups in total. The number of nitrogens with zero attached hydrogens (tertiary/aromatic N) is 2. The van der Waals surface area contributed by atoms with Gasteiger partial charge in [0.1, 0.15) is 0 Å². The Balaban J connectivity index is 1.31. The lowest BCUT2D eigenvalue weighted by molar-refractivity contribution is -0.156. The van der Waals surface area contributed by atoms with E-state index in [9.17, 15) is 9.59 Å². The van der Waals surface area contributed by atoms with Crippen molar-refractivity contribution in [2.75, 3.05) is 32.8 Å². The molecular weight excluding hydrogens is 368 g/mol. The maximum absolute atomic E-state index is 13.2. The van der Waals surface area contributed by atoms with Crippen LogP contribution in [0.3, 0.4) is 0 Å². The fourth-order valence-electron chi connectivity index (χ4n) is 4.53. The lowest BCUT2D eigenvalue weighted by atomic mass is 9.92. The van der Waals surface area contributed by atoms with Gasteiger partial charge in [0.2, 0.25) is 11.8 Å². The molecule has 3 aliphatic heterocycles. The Bertz CT molecular complexity index is 722. The number of benzene rings is 1. The van der Waals surface area contributed by atoms with E-state index in [0.29, 0.717) is 26.3 Å². The fourth-order valence-corrected chi connectivity index (χ4v) is 4.53. The highest BCUT2D eigenvalue weighted by Crippen LogP contribution is 2.28. The molecule has 156 valence electrons. The van der Waals surface area contributed by atoms with Crippen LogP contribution in [0.15, 0.2) is 36.4 Å². The summed E-state index contributed by atoms with van der Waals surface area (Å²) < 4.78 is 11.4. The minimum absolute atomic E-state index is 0.0147. The Morgan fingerprint density at radius 1 is 0.931 bits per heavy atom. The smallest absolute Gasteiger partial charge is 0.246 e. The highest BCUT2D eigenvalue weighted by atomic mass is 16.7. The molecule has 6 heteroatoms. The summed E-state index contributed by atoms with van der Waals surface area (Å²) in [5.74, 6) is 0.211. The zero-order valence-electron chi connectivity index (χ0n) is 16.9. The molecule has 4 rings (SSSR count). The Labute approximate surface area is 172 Å². The fraction of sp³-hybridized carbons (Fsp3) is 0.565. The lowest BCUT2D eigenvalue weighted by Crippen LogP contribution is -2.53. The molecule has 6 nitrogen and oxygen atoms in total. The molecule has 29 heavy (non-hydrogen) atoms. The van der Waals surface area contributed by atoms with Crippen molar-refractivity contribution in [2.24, 2.45) is 5.92 Å². The number of hydrogen-bond donors (Lipinski definition) is 0. The molecular formula is C23H30N2O4. The molecule has 0 aromatic heterocycles. The standard InChI is InChI=1S/C23H30N2O4/c26-21(10-9-18-6-2-1-3-7-18)24-14-11-19(12-15-24)22(27)25-13-5-4-8-20(25)23-28-16-17-29-23/h1-3,6-7,9-10,19-20,23H,4-5,8,11-17H2/b10-9+. The van der Waals surface area contributed by atoms with Gasteiger partial charge in [-0.15, -0.1) is 0 Å². The predicted molar refractivity (Wildman–Crippen MR) is 110 cm³/mol. The average molecular weight is 399 g/mol. The van der Waals surface area contributed by atoms with E-state index in [0.717, 1.165) is 44.2 Å². The van der Waals surface area contributed by atoms with Crippen LogP contribution in [0.5, 0.6) is 0 Å². The van der Waals surface area contributed by atoms with Crippen molar-refractivity contribution in [1.29, 1.82) is 0 Å². The summed E-state index contributed by atoms with van der Waals surface area (Å²) in [6.45, 7) is 3.26. The minimum Gasteiger partial charge on any atom is -0.348 e. The van der Waals surface area contributed by atoms with Crippen LogP contribution in [0.25, 0.3) is 6.08 Å². The summed E-state index contributed by atoms with van der Waals surface area (Å²) >= 11 is 0. The van der Waals surface area contributed by atoms with Crippen molar-refractivity contribution in [1.82, 2.24) is 9.80 Å². The van der Waals surface area contributed by atoms with Gasteiger partial charge in [-0.3, -0.25) is 9.59 Å². The van der Waals surface area contributed by atoms with E-state index in [-0.39, 0.29) is 30.1 Å². The van der Waals surface area contributed by atoms with Crippen LogP contribution < -0.4 is 0 Å². The Morgan fingerprint density at radius 3 is 2.38 bits per heavy atom. The van der Waals surface area contributed by atoms with Crippen LogP contribution in [0.2, 0.25) is 0 Å². The third-order valence-corrected chi connectivity index (χ3v) is 6.17. The van der Waals surface area contributed by atoms with Crippen molar-refractivity contribution >= 4 is 17.9 Å². The molecule has 0 saturated carbocycles. The van der Waals surface area contributed by atoms with E-state index in [2.05, 4.69) is 0 Å². The third-order valence-electron chi connectivity index (χ3n) is 6.17. The largest absolute Gasteiger partial charge is 0.348 e. The second kappa shape index (κ2) is 9.55. The van der Waals surface area contributed by atoms with Crippen LogP contribution in [-0.2, 0) is 19.1 Å². The van der Waals surface area contributed by atoms with E-state index in [1.165, 1.54) is 0 Å². The van der Waals surface area contributed by atoms with Crippen LogP contribution >= 0.6 is 0 Å². The third kappa shape index (κ3) is 4.87. The summed E-state index contributed by atoms with van der Waals surface area (Å²) in [7, 11) is 0. The summed E-state index contributed by atoms with van der Waals surface area (Å²) in [5.41, 5.74) is 1.01. The van der Waals surface area contributed by atoms with Crippen LogP contribution in [-0.4, -0.2) is 66.8 Å². The highest BCUT2D eigenvalue weighted by molar-refractivity contribution is 5.92. The maximum Gasteiger partial charge on any atom is 0.246 e. The number of likely N-dealkylation sites (tertiary alicyclic amines) is 2.